The average Bonchev–Trinajstić information content (AvgIpc) is 3.35. The predicted octanol–water partition coefficient (Wildman–Crippen LogP) is 4.22. The van der Waals surface area contributed by atoms with Crippen molar-refractivity contribution in [3.63, 3.8) is 0 Å². The van der Waals surface area contributed by atoms with Crippen molar-refractivity contribution in [2.45, 2.75) is 20.3 Å². The van der Waals surface area contributed by atoms with Gasteiger partial charge in [0.15, 0.2) is 0 Å². The van der Waals surface area contributed by atoms with E-state index in [2.05, 4.69) is 20.3 Å². The molecular weight excluding hydrogens is 363 g/mol. The van der Waals surface area contributed by atoms with Crippen molar-refractivity contribution in [1.82, 2.24) is 20.3 Å². The number of rotatable bonds is 6. The van der Waals surface area contributed by atoms with Gasteiger partial charge in [-0.05, 0) is 55.8 Å². The Morgan fingerprint density at radius 1 is 1.00 bits per heavy atom. The molecule has 0 aliphatic carbocycles. The first-order valence-electron chi connectivity index (χ1n) is 8.77. The molecule has 0 unspecified atom stereocenters. The Morgan fingerprint density at radius 3 is 2.54 bits per heavy atom. The Bertz CT molecular complexity index is 1090. The molecule has 0 amide bonds. The van der Waals surface area contributed by atoms with Gasteiger partial charge in [-0.2, -0.15) is 4.98 Å². The first kappa shape index (κ1) is 17.8. The van der Waals surface area contributed by atoms with E-state index in [1.54, 1.807) is 19.1 Å². The third-order valence-electron chi connectivity index (χ3n) is 4.08. The van der Waals surface area contributed by atoms with Crippen LogP contribution in [-0.4, -0.2) is 26.9 Å². The van der Waals surface area contributed by atoms with Crippen LogP contribution in [0.5, 0.6) is 5.75 Å². The van der Waals surface area contributed by atoms with E-state index in [4.69, 9.17) is 13.7 Å². The molecule has 0 atom stereocenters. The predicted molar refractivity (Wildman–Crippen MR) is 98.1 cm³/mol. The fourth-order valence-corrected chi connectivity index (χ4v) is 2.61. The summed E-state index contributed by atoms with van der Waals surface area (Å²) < 4.78 is 30.0. The van der Waals surface area contributed by atoms with Crippen molar-refractivity contribution < 1.29 is 18.1 Å². The summed E-state index contributed by atoms with van der Waals surface area (Å²) in [4.78, 5) is 4.35. The molecule has 0 aliphatic rings. The molecule has 4 rings (SSSR count). The van der Waals surface area contributed by atoms with Crippen molar-refractivity contribution in [2.24, 2.45) is 0 Å². The zero-order valence-electron chi connectivity index (χ0n) is 15.3. The summed E-state index contributed by atoms with van der Waals surface area (Å²) in [5, 5.41) is 11.9. The van der Waals surface area contributed by atoms with E-state index in [1.165, 1.54) is 6.07 Å². The third-order valence-corrected chi connectivity index (χ3v) is 4.08. The van der Waals surface area contributed by atoms with Crippen LogP contribution in [0.15, 0.2) is 51.4 Å². The van der Waals surface area contributed by atoms with Gasteiger partial charge in [-0.15, -0.1) is 10.2 Å². The van der Waals surface area contributed by atoms with E-state index in [-0.39, 0.29) is 18.1 Å². The highest BCUT2D eigenvalue weighted by Crippen LogP contribution is 2.23. The number of ether oxygens (including phenoxy) is 1. The first-order valence-corrected chi connectivity index (χ1v) is 8.77. The van der Waals surface area contributed by atoms with E-state index in [0.29, 0.717) is 35.3 Å². The number of benzene rings is 2. The molecule has 8 heteroatoms. The minimum Gasteiger partial charge on any atom is -0.494 e. The minimum atomic E-state index is -0.325. The van der Waals surface area contributed by atoms with E-state index < -0.39 is 0 Å². The molecule has 0 N–H and O–H groups in total. The number of hydrogen-bond acceptors (Lipinski definition) is 7. The van der Waals surface area contributed by atoms with Crippen LogP contribution in [0.4, 0.5) is 4.39 Å². The van der Waals surface area contributed by atoms with Crippen LogP contribution in [0.3, 0.4) is 0 Å². The Labute approximate surface area is 160 Å². The lowest BCUT2D eigenvalue weighted by Gasteiger charge is -2.02. The van der Waals surface area contributed by atoms with Crippen molar-refractivity contribution in [3.05, 3.63) is 65.6 Å². The summed E-state index contributed by atoms with van der Waals surface area (Å²) in [7, 11) is 0. The van der Waals surface area contributed by atoms with E-state index in [0.717, 1.165) is 11.3 Å². The molecule has 0 radical (unpaired) electrons. The second-order valence-corrected chi connectivity index (χ2v) is 6.11. The normalized spacial score (nSPS) is 11.0. The quantitative estimate of drug-likeness (QED) is 0.495. The van der Waals surface area contributed by atoms with Crippen molar-refractivity contribution >= 4 is 0 Å². The summed E-state index contributed by atoms with van der Waals surface area (Å²) in [5.74, 6) is 1.79. The van der Waals surface area contributed by atoms with Gasteiger partial charge in [0.25, 0.3) is 0 Å². The van der Waals surface area contributed by atoms with Gasteiger partial charge in [-0.3, -0.25) is 0 Å². The Kier molecular flexibility index (Phi) is 4.84. The molecule has 2 aromatic heterocycles. The zero-order chi connectivity index (χ0) is 19.5. The monoisotopic (exact) mass is 380 g/mol. The lowest BCUT2D eigenvalue weighted by atomic mass is 10.1. The van der Waals surface area contributed by atoms with Crippen LogP contribution >= 0.6 is 0 Å². The smallest absolute Gasteiger partial charge is 0.247 e. The van der Waals surface area contributed by atoms with Gasteiger partial charge in [0, 0.05) is 11.1 Å². The fourth-order valence-electron chi connectivity index (χ4n) is 2.61. The Morgan fingerprint density at radius 2 is 1.79 bits per heavy atom. The van der Waals surface area contributed by atoms with E-state index in [1.807, 2.05) is 31.2 Å². The largest absolute Gasteiger partial charge is 0.494 e. The molecule has 0 bridgehead atoms. The molecular formula is C20H17FN4O3. The topological polar surface area (TPSA) is 87.1 Å². The number of nitrogens with zero attached hydrogens (tertiary/aromatic N) is 4. The summed E-state index contributed by atoms with van der Waals surface area (Å²) in [6.07, 6.45) is 0.186. The summed E-state index contributed by atoms with van der Waals surface area (Å²) in [6.45, 7) is 4.22. The number of hydrogen-bond donors (Lipinski definition) is 0. The van der Waals surface area contributed by atoms with Crippen LogP contribution in [0, 0.1) is 12.7 Å². The number of aryl methyl sites for hydroxylation is 1. The standard InChI is InChI=1S/C20H17FN4O3/c1-3-26-15-8-6-13(7-9-15)19-22-17(28-25-19)11-18-23-24-20(27-18)14-5-4-12(2)16(21)10-14/h4-10H,3,11H2,1-2H3. The Hall–Kier alpha value is -3.55. The lowest BCUT2D eigenvalue weighted by molar-refractivity contribution is 0.340. The van der Waals surface area contributed by atoms with Gasteiger partial charge in [-0.25, -0.2) is 4.39 Å². The Balaban J connectivity index is 1.48. The molecule has 0 saturated heterocycles. The van der Waals surface area contributed by atoms with Crippen molar-refractivity contribution in [2.75, 3.05) is 6.61 Å². The van der Waals surface area contributed by atoms with Crippen LogP contribution in [0.25, 0.3) is 22.8 Å². The molecule has 28 heavy (non-hydrogen) atoms. The summed E-state index contributed by atoms with van der Waals surface area (Å²) >= 11 is 0. The molecule has 0 saturated carbocycles. The highest BCUT2D eigenvalue weighted by molar-refractivity contribution is 5.55. The van der Waals surface area contributed by atoms with E-state index >= 15 is 0 Å². The molecule has 4 aromatic rings. The maximum atomic E-state index is 13.7. The van der Waals surface area contributed by atoms with Gasteiger partial charge in [0.05, 0.1) is 6.61 Å². The van der Waals surface area contributed by atoms with Crippen molar-refractivity contribution in [3.8, 4) is 28.6 Å². The number of halogens is 1. The molecule has 7 nitrogen and oxygen atoms in total. The van der Waals surface area contributed by atoms with Gasteiger partial charge in [-0.1, -0.05) is 11.2 Å². The maximum Gasteiger partial charge on any atom is 0.247 e. The lowest BCUT2D eigenvalue weighted by Crippen LogP contribution is -1.91. The van der Waals surface area contributed by atoms with Crippen LogP contribution in [0.2, 0.25) is 0 Å². The molecule has 142 valence electrons. The van der Waals surface area contributed by atoms with Gasteiger partial charge < -0.3 is 13.7 Å². The van der Waals surface area contributed by atoms with Crippen LogP contribution < -0.4 is 4.74 Å². The minimum absolute atomic E-state index is 0.186. The summed E-state index contributed by atoms with van der Waals surface area (Å²) in [5.41, 5.74) is 1.87. The van der Waals surface area contributed by atoms with E-state index in [9.17, 15) is 4.39 Å². The molecule has 0 fully saturated rings. The van der Waals surface area contributed by atoms with Gasteiger partial charge >= 0.3 is 0 Å². The second kappa shape index (κ2) is 7.59. The second-order valence-electron chi connectivity index (χ2n) is 6.11. The molecule has 2 heterocycles. The highest BCUT2D eigenvalue weighted by atomic mass is 19.1. The summed E-state index contributed by atoms with van der Waals surface area (Å²) in [6, 6.07) is 12.2. The highest BCUT2D eigenvalue weighted by Gasteiger charge is 2.15. The SMILES string of the molecule is CCOc1ccc(-c2noc(Cc3nnc(-c4ccc(C)c(F)c4)o3)n2)cc1. The molecule has 0 aliphatic heterocycles. The molecule has 0 spiro atoms. The third kappa shape index (κ3) is 3.75. The molecule has 2 aromatic carbocycles. The van der Waals surface area contributed by atoms with Crippen molar-refractivity contribution in [1.29, 1.82) is 0 Å². The average molecular weight is 380 g/mol. The van der Waals surface area contributed by atoms with Crippen LogP contribution in [-0.2, 0) is 6.42 Å². The fraction of sp³-hybridized carbons (Fsp3) is 0.200. The van der Waals surface area contributed by atoms with Gasteiger partial charge in [0.1, 0.15) is 18.0 Å². The maximum absolute atomic E-state index is 13.7. The van der Waals surface area contributed by atoms with Crippen LogP contribution in [0.1, 0.15) is 24.3 Å². The van der Waals surface area contributed by atoms with Gasteiger partial charge in [0.2, 0.25) is 23.5 Å². The zero-order valence-corrected chi connectivity index (χ0v) is 15.3. The first-order chi connectivity index (χ1) is 13.6. The number of aromatic nitrogens is 4.